The van der Waals surface area contributed by atoms with Gasteiger partial charge in [0.2, 0.25) is 0 Å². The summed E-state index contributed by atoms with van der Waals surface area (Å²) in [4.78, 5) is 11.1. The Labute approximate surface area is 96.6 Å². The molecule has 6 N–H and O–H groups in total. The third-order valence-corrected chi connectivity index (χ3v) is 3.17. The van der Waals surface area contributed by atoms with E-state index in [4.69, 9.17) is 25.4 Å². The predicted octanol–water partition coefficient (Wildman–Crippen LogP) is -3.00. The number of fused-ring (bicyclic) bond motifs is 2. The number of carboxylic acids is 1. The number of nitrogens with two attached hydrogens (primary N) is 1. The van der Waals surface area contributed by atoms with Crippen LogP contribution in [0.3, 0.4) is 0 Å². The van der Waals surface area contributed by atoms with Gasteiger partial charge in [0, 0.05) is 6.42 Å². The zero-order valence-corrected chi connectivity index (χ0v) is 8.89. The van der Waals surface area contributed by atoms with Gasteiger partial charge in [-0.2, -0.15) is 0 Å². The summed E-state index contributed by atoms with van der Waals surface area (Å²) in [6, 6.07) is -0.865. The Balaban J connectivity index is 2.28. The summed E-state index contributed by atoms with van der Waals surface area (Å²) < 4.78 is 10.3. The van der Waals surface area contributed by atoms with Crippen LogP contribution in [0.4, 0.5) is 0 Å². The van der Waals surface area contributed by atoms with E-state index in [1.807, 2.05) is 0 Å². The van der Waals surface area contributed by atoms with Crippen molar-refractivity contribution in [3.05, 3.63) is 0 Å². The lowest BCUT2D eigenvalue weighted by Crippen LogP contribution is -2.57. The Morgan fingerprint density at radius 1 is 1.53 bits per heavy atom. The van der Waals surface area contributed by atoms with Crippen molar-refractivity contribution in [3.63, 3.8) is 0 Å². The van der Waals surface area contributed by atoms with Gasteiger partial charge < -0.3 is 35.6 Å². The van der Waals surface area contributed by atoms with Crippen LogP contribution in [0.1, 0.15) is 6.42 Å². The highest BCUT2D eigenvalue weighted by Crippen LogP contribution is 2.41. The van der Waals surface area contributed by atoms with Crippen molar-refractivity contribution >= 4 is 5.97 Å². The average molecular weight is 249 g/mol. The molecule has 0 aromatic rings. The van der Waals surface area contributed by atoms with Gasteiger partial charge in [0.05, 0.1) is 18.8 Å². The number of aliphatic carboxylic acids is 1. The average Bonchev–Trinajstić information content (AvgIpc) is 2.63. The Morgan fingerprint density at radius 3 is 2.71 bits per heavy atom. The Kier molecular flexibility index (Phi) is 3.10. The van der Waals surface area contributed by atoms with Crippen LogP contribution in [0, 0.1) is 0 Å². The van der Waals surface area contributed by atoms with Crippen molar-refractivity contribution in [1.29, 1.82) is 0 Å². The van der Waals surface area contributed by atoms with E-state index < -0.39 is 48.8 Å². The van der Waals surface area contributed by atoms with E-state index in [1.165, 1.54) is 0 Å². The molecule has 0 spiro atoms. The van der Waals surface area contributed by atoms with Crippen molar-refractivity contribution in [3.8, 4) is 0 Å². The maximum absolute atomic E-state index is 11.1. The number of hydrogen-bond donors (Lipinski definition) is 5. The van der Waals surface area contributed by atoms with Gasteiger partial charge in [-0.3, -0.25) is 0 Å². The molecule has 2 saturated heterocycles. The first kappa shape index (κ1) is 12.7. The first-order valence-corrected chi connectivity index (χ1v) is 5.23. The maximum Gasteiger partial charge on any atom is 0.364 e. The molecule has 6 atom stereocenters. The fraction of sp³-hybridized carbons (Fsp3) is 0.889. The van der Waals surface area contributed by atoms with Crippen molar-refractivity contribution in [1.82, 2.24) is 0 Å². The molecule has 8 nitrogen and oxygen atoms in total. The topological polar surface area (TPSA) is 142 Å². The molecule has 0 aromatic heterocycles. The zero-order chi connectivity index (χ0) is 12.8. The van der Waals surface area contributed by atoms with Crippen molar-refractivity contribution in [2.45, 2.75) is 42.7 Å². The lowest BCUT2D eigenvalue weighted by molar-refractivity contribution is -0.233. The van der Waals surface area contributed by atoms with Gasteiger partial charge in [-0.1, -0.05) is 0 Å². The highest BCUT2D eigenvalue weighted by Gasteiger charge is 2.62. The smallest absolute Gasteiger partial charge is 0.364 e. The van der Waals surface area contributed by atoms with Gasteiger partial charge in [-0.25, -0.2) is 4.79 Å². The van der Waals surface area contributed by atoms with Crippen LogP contribution in [0.25, 0.3) is 0 Å². The molecule has 2 bridgehead atoms. The van der Waals surface area contributed by atoms with Crippen LogP contribution in [0.2, 0.25) is 0 Å². The number of rotatable bonds is 3. The van der Waals surface area contributed by atoms with Gasteiger partial charge in [0.1, 0.15) is 18.3 Å². The predicted molar refractivity (Wildman–Crippen MR) is 51.8 cm³/mol. The molecule has 0 amide bonds. The largest absolute Gasteiger partial charge is 0.477 e. The maximum atomic E-state index is 11.1. The fourth-order valence-corrected chi connectivity index (χ4v) is 2.22. The van der Waals surface area contributed by atoms with E-state index in [0.717, 1.165) is 0 Å². The van der Waals surface area contributed by atoms with Crippen molar-refractivity contribution in [2.75, 3.05) is 6.61 Å². The first-order chi connectivity index (χ1) is 7.91. The highest BCUT2D eigenvalue weighted by molar-refractivity contribution is 5.76. The van der Waals surface area contributed by atoms with Crippen molar-refractivity contribution in [2.24, 2.45) is 5.73 Å². The minimum atomic E-state index is -1.99. The fourth-order valence-electron chi connectivity index (χ4n) is 2.22. The minimum Gasteiger partial charge on any atom is -0.477 e. The molecule has 0 saturated carbocycles. The molecule has 98 valence electrons. The third-order valence-electron chi connectivity index (χ3n) is 3.17. The van der Waals surface area contributed by atoms with E-state index in [1.54, 1.807) is 0 Å². The molecule has 8 heteroatoms. The molecular weight excluding hydrogens is 234 g/mol. The normalized spacial score (nSPS) is 46.8. The lowest BCUT2D eigenvalue weighted by Gasteiger charge is -2.34. The second-order valence-corrected chi connectivity index (χ2v) is 4.32. The van der Waals surface area contributed by atoms with Gasteiger partial charge in [-0.15, -0.1) is 0 Å². The molecule has 17 heavy (non-hydrogen) atoms. The molecule has 2 rings (SSSR count). The van der Waals surface area contributed by atoms with E-state index in [2.05, 4.69) is 0 Å². The number of aliphatic hydroxyl groups is 3. The van der Waals surface area contributed by atoms with Crippen LogP contribution in [0.15, 0.2) is 0 Å². The molecule has 2 aliphatic heterocycles. The monoisotopic (exact) mass is 249 g/mol. The minimum absolute atomic E-state index is 0.311. The van der Waals surface area contributed by atoms with Gasteiger partial charge in [-0.05, 0) is 0 Å². The number of carbonyl (C=O) groups is 1. The van der Waals surface area contributed by atoms with Crippen LogP contribution in [0.5, 0.6) is 0 Å². The van der Waals surface area contributed by atoms with Crippen LogP contribution in [-0.4, -0.2) is 69.2 Å². The SMILES string of the molecule is N[C@H]1C2O[C@@](C(=O)O)(C[C@H]1O)O[C@@H]2[C@H](O)CO. The van der Waals surface area contributed by atoms with Crippen LogP contribution in [-0.2, 0) is 14.3 Å². The molecular formula is C9H15NO7. The second-order valence-electron chi connectivity index (χ2n) is 4.32. The molecule has 2 heterocycles. The summed E-state index contributed by atoms with van der Waals surface area (Å²) in [5.74, 6) is -3.37. The molecule has 0 radical (unpaired) electrons. The molecule has 2 fully saturated rings. The standard InChI is InChI=1S/C9H15NO7/c10-5-3(12)1-9(8(14)15)16-6(4(13)2-11)7(5)17-9/h3-7,11-13H,1-2,10H2,(H,14,15)/t3-,4-,5-,6-,7?,9-/m1/s1. The van der Waals surface area contributed by atoms with Crippen LogP contribution >= 0.6 is 0 Å². The summed E-state index contributed by atoms with van der Waals surface area (Å²) in [6.07, 6.45) is -4.74. The zero-order valence-electron chi connectivity index (χ0n) is 8.89. The van der Waals surface area contributed by atoms with E-state index in [-0.39, 0.29) is 6.42 Å². The summed E-state index contributed by atoms with van der Waals surface area (Å²) in [5, 5.41) is 37.1. The van der Waals surface area contributed by atoms with E-state index in [0.29, 0.717) is 0 Å². The van der Waals surface area contributed by atoms with E-state index in [9.17, 15) is 15.0 Å². The lowest BCUT2D eigenvalue weighted by atomic mass is 9.93. The summed E-state index contributed by atoms with van der Waals surface area (Å²) in [7, 11) is 0. The number of aliphatic hydroxyl groups excluding tert-OH is 3. The molecule has 0 aliphatic carbocycles. The van der Waals surface area contributed by atoms with Crippen molar-refractivity contribution < 1.29 is 34.7 Å². The summed E-state index contributed by atoms with van der Waals surface area (Å²) >= 11 is 0. The van der Waals surface area contributed by atoms with Gasteiger partial charge in [0.25, 0.3) is 5.79 Å². The van der Waals surface area contributed by atoms with Gasteiger partial charge in [0.15, 0.2) is 0 Å². The second kappa shape index (κ2) is 4.16. The highest BCUT2D eigenvalue weighted by atomic mass is 16.8. The quantitative estimate of drug-likeness (QED) is 0.356. The molecule has 1 unspecified atom stereocenters. The van der Waals surface area contributed by atoms with Crippen LogP contribution < -0.4 is 5.73 Å². The Bertz CT molecular complexity index is 324. The van der Waals surface area contributed by atoms with E-state index >= 15 is 0 Å². The molecule has 2 aliphatic rings. The summed E-state index contributed by atoms with van der Waals surface area (Å²) in [6.45, 7) is -0.608. The number of carboxylic acid groups (broad SMARTS) is 1. The summed E-state index contributed by atoms with van der Waals surface area (Å²) in [5.41, 5.74) is 5.66. The third kappa shape index (κ3) is 1.82. The number of ether oxygens (including phenoxy) is 2. The molecule has 0 aromatic carbocycles. The Morgan fingerprint density at radius 2 is 2.18 bits per heavy atom. The Hall–Kier alpha value is -0.770. The van der Waals surface area contributed by atoms with Gasteiger partial charge >= 0.3 is 5.97 Å². The number of hydrogen-bond acceptors (Lipinski definition) is 7. The first-order valence-electron chi connectivity index (χ1n) is 5.23.